The van der Waals surface area contributed by atoms with E-state index in [1.165, 1.54) is 0 Å². The fourth-order valence-electron chi connectivity index (χ4n) is 2.94. The molecule has 116 valence electrons. The van der Waals surface area contributed by atoms with Crippen LogP contribution in [0.1, 0.15) is 31.1 Å². The number of benzene rings is 1. The lowest BCUT2D eigenvalue weighted by atomic mass is 10.1. The van der Waals surface area contributed by atoms with Gasteiger partial charge in [-0.2, -0.15) is 0 Å². The number of carbonyl (C=O) groups is 1. The lowest BCUT2D eigenvalue weighted by molar-refractivity contribution is 0.0956. The number of anilines is 2. The summed E-state index contributed by atoms with van der Waals surface area (Å²) in [6.07, 6.45) is 0. The second-order valence-corrected chi connectivity index (χ2v) is 5.56. The first kappa shape index (κ1) is 15.6. The van der Waals surface area contributed by atoms with Gasteiger partial charge in [0.25, 0.3) is 5.91 Å². The maximum absolute atomic E-state index is 12.2. The highest BCUT2D eigenvalue weighted by Gasteiger charge is 2.25. The van der Waals surface area contributed by atoms with Gasteiger partial charge in [0.2, 0.25) is 0 Å². The molecule has 1 heterocycles. The van der Waals surface area contributed by atoms with Crippen LogP contribution >= 0.6 is 0 Å². The Bertz CT molecular complexity index is 503. The normalized spacial score (nSPS) is 19.6. The Balaban J connectivity index is 2.26. The van der Waals surface area contributed by atoms with Crippen LogP contribution in [0.5, 0.6) is 0 Å². The molecule has 2 rings (SSSR count). The van der Waals surface area contributed by atoms with Gasteiger partial charge < -0.3 is 16.0 Å². The van der Waals surface area contributed by atoms with Gasteiger partial charge in [-0.3, -0.25) is 9.69 Å². The van der Waals surface area contributed by atoms with Crippen LogP contribution in [-0.4, -0.2) is 49.6 Å². The van der Waals surface area contributed by atoms with E-state index in [-0.39, 0.29) is 5.91 Å². The SMILES string of the molecule is CCNC(=O)c1ccc(N)cc1N1CCN(CC)C(C)C1. The van der Waals surface area contributed by atoms with Crippen molar-refractivity contribution in [2.45, 2.75) is 26.8 Å². The van der Waals surface area contributed by atoms with Crippen molar-refractivity contribution in [1.82, 2.24) is 10.2 Å². The molecule has 5 heteroatoms. The molecular formula is C16H26N4O. The summed E-state index contributed by atoms with van der Waals surface area (Å²) in [4.78, 5) is 17.0. The smallest absolute Gasteiger partial charge is 0.253 e. The molecule has 0 bridgehead atoms. The number of likely N-dealkylation sites (N-methyl/N-ethyl adjacent to an activating group) is 1. The van der Waals surface area contributed by atoms with Crippen molar-refractivity contribution in [2.75, 3.05) is 43.4 Å². The van der Waals surface area contributed by atoms with Gasteiger partial charge in [-0.05, 0) is 38.6 Å². The molecular weight excluding hydrogens is 264 g/mol. The fourth-order valence-corrected chi connectivity index (χ4v) is 2.94. The Morgan fingerprint density at radius 1 is 1.38 bits per heavy atom. The molecule has 1 saturated heterocycles. The number of amides is 1. The van der Waals surface area contributed by atoms with Crippen LogP contribution in [0.25, 0.3) is 0 Å². The molecule has 0 aliphatic carbocycles. The molecule has 1 aliphatic heterocycles. The summed E-state index contributed by atoms with van der Waals surface area (Å²) in [5.41, 5.74) is 8.28. The van der Waals surface area contributed by atoms with Crippen LogP contribution in [0.2, 0.25) is 0 Å². The first-order valence-electron chi connectivity index (χ1n) is 7.73. The summed E-state index contributed by atoms with van der Waals surface area (Å²) in [5, 5.41) is 2.88. The monoisotopic (exact) mass is 290 g/mol. The number of hydrogen-bond donors (Lipinski definition) is 2. The van der Waals surface area contributed by atoms with Crippen LogP contribution in [0.15, 0.2) is 18.2 Å². The number of nitrogens with zero attached hydrogens (tertiary/aromatic N) is 2. The third-order valence-electron chi connectivity index (χ3n) is 4.12. The molecule has 0 saturated carbocycles. The van der Waals surface area contributed by atoms with Crippen molar-refractivity contribution in [3.05, 3.63) is 23.8 Å². The molecule has 21 heavy (non-hydrogen) atoms. The largest absolute Gasteiger partial charge is 0.399 e. The fraction of sp³-hybridized carbons (Fsp3) is 0.562. The minimum Gasteiger partial charge on any atom is -0.399 e. The predicted molar refractivity (Wildman–Crippen MR) is 87.8 cm³/mol. The second-order valence-electron chi connectivity index (χ2n) is 5.56. The van der Waals surface area contributed by atoms with E-state index in [2.05, 4.69) is 29.0 Å². The molecule has 1 atom stereocenters. The van der Waals surface area contributed by atoms with Crippen molar-refractivity contribution in [3.63, 3.8) is 0 Å². The Morgan fingerprint density at radius 2 is 2.14 bits per heavy atom. The molecule has 1 fully saturated rings. The molecule has 1 unspecified atom stereocenters. The Labute approximate surface area is 127 Å². The number of hydrogen-bond acceptors (Lipinski definition) is 4. The topological polar surface area (TPSA) is 61.6 Å². The van der Waals surface area contributed by atoms with E-state index in [9.17, 15) is 4.79 Å². The van der Waals surface area contributed by atoms with E-state index in [1.807, 2.05) is 19.1 Å². The average molecular weight is 290 g/mol. The van der Waals surface area contributed by atoms with Gasteiger partial charge >= 0.3 is 0 Å². The Morgan fingerprint density at radius 3 is 2.76 bits per heavy atom. The zero-order valence-corrected chi connectivity index (χ0v) is 13.2. The van der Waals surface area contributed by atoms with Crippen molar-refractivity contribution in [2.24, 2.45) is 0 Å². The van der Waals surface area contributed by atoms with Gasteiger partial charge in [-0.15, -0.1) is 0 Å². The van der Waals surface area contributed by atoms with E-state index < -0.39 is 0 Å². The summed E-state index contributed by atoms with van der Waals surface area (Å²) in [5.74, 6) is -0.0296. The minimum atomic E-state index is -0.0296. The maximum Gasteiger partial charge on any atom is 0.253 e. The molecule has 1 amide bonds. The maximum atomic E-state index is 12.2. The van der Waals surface area contributed by atoms with Gasteiger partial charge in [0, 0.05) is 37.9 Å². The standard InChI is InChI=1S/C16H26N4O/c1-4-18-16(21)14-7-6-13(17)10-15(14)20-9-8-19(5-2)12(3)11-20/h6-7,10,12H,4-5,8-9,11,17H2,1-3H3,(H,18,21). The number of nitrogens with two attached hydrogens (primary N) is 1. The third kappa shape index (κ3) is 3.47. The van der Waals surface area contributed by atoms with Crippen LogP contribution in [-0.2, 0) is 0 Å². The van der Waals surface area contributed by atoms with E-state index in [0.29, 0.717) is 23.8 Å². The van der Waals surface area contributed by atoms with Gasteiger partial charge in [0.05, 0.1) is 11.3 Å². The quantitative estimate of drug-likeness (QED) is 0.826. The predicted octanol–water partition coefficient (Wildman–Crippen LogP) is 1.55. The summed E-state index contributed by atoms with van der Waals surface area (Å²) >= 11 is 0. The highest BCUT2D eigenvalue weighted by atomic mass is 16.1. The first-order valence-corrected chi connectivity index (χ1v) is 7.73. The molecule has 3 N–H and O–H groups in total. The number of carbonyl (C=O) groups excluding carboxylic acids is 1. The van der Waals surface area contributed by atoms with E-state index in [0.717, 1.165) is 31.9 Å². The molecule has 1 aromatic rings. The molecule has 0 aromatic heterocycles. The zero-order chi connectivity index (χ0) is 15.4. The molecule has 0 spiro atoms. The van der Waals surface area contributed by atoms with Crippen molar-refractivity contribution in [1.29, 1.82) is 0 Å². The van der Waals surface area contributed by atoms with Crippen molar-refractivity contribution >= 4 is 17.3 Å². The highest BCUT2D eigenvalue weighted by molar-refractivity contribution is 6.00. The van der Waals surface area contributed by atoms with Gasteiger partial charge in [-0.1, -0.05) is 6.92 Å². The number of rotatable bonds is 4. The lowest BCUT2D eigenvalue weighted by Gasteiger charge is -2.41. The van der Waals surface area contributed by atoms with Crippen molar-refractivity contribution in [3.8, 4) is 0 Å². The molecule has 5 nitrogen and oxygen atoms in total. The summed E-state index contributed by atoms with van der Waals surface area (Å²) in [7, 11) is 0. The van der Waals surface area contributed by atoms with Gasteiger partial charge in [0.1, 0.15) is 0 Å². The van der Waals surface area contributed by atoms with Crippen LogP contribution in [0, 0.1) is 0 Å². The zero-order valence-electron chi connectivity index (χ0n) is 13.2. The van der Waals surface area contributed by atoms with E-state index in [1.54, 1.807) is 6.07 Å². The minimum absolute atomic E-state index is 0.0296. The van der Waals surface area contributed by atoms with Gasteiger partial charge in [0.15, 0.2) is 0 Å². The number of nitrogen functional groups attached to an aromatic ring is 1. The molecule has 1 aromatic carbocycles. The highest BCUT2D eigenvalue weighted by Crippen LogP contribution is 2.26. The number of piperazine rings is 1. The van der Waals surface area contributed by atoms with E-state index in [4.69, 9.17) is 5.73 Å². The Hall–Kier alpha value is -1.75. The van der Waals surface area contributed by atoms with Crippen LogP contribution in [0.3, 0.4) is 0 Å². The van der Waals surface area contributed by atoms with Crippen LogP contribution in [0.4, 0.5) is 11.4 Å². The Kier molecular flexibility index (Phi) is 5.07. The van der Waals surface area contributed by atoms with Crippen LogP contribution < -0.4 is 16.0 Å². The summed E-state index contributed by atoms with van der Waals surface area (Å²) < 4.78 is 0. The molecule has 1 aliphatic rings. The molecule has 0 radical (unpaired) electrons. The summed E-state index contributed by atoms with van der Waals surface area (Å²) in [6.45, 7) is 10.9. The third-order valence-corrected chi connectivity index (χ3v) is 4.12. The average Bonchev–Trinajstić information content (AvgIpc) is 2.47. The first-order chi connectivity index (χ1) is 10.1. The van der Waals surface area contributed by atoms with Gasteiger partial charge in [-0.25, -0.2) is 0 Å². The lowest BCUT2D eigenvalue weighted by Crippen LogP contribution is -2.52. The van der Waals surface area contributed by atoms with Crippen molar-refractivity contribution < 1.29 is 4.79 Å². The number of nitrogens with one attached hydrogen (secondary N) is 1. The van der Waals surface area contributed by atoms with E-state index >= 15 is 0 Å². The summed E-state index contributed by atoms with van der Waals surface area (Å²) in [6, 6.07) is 6.01. The second kappa shape index (κ2) is 6.80.